The summed E-state index contributed by atoms with van der Waals surface area (Å²) in [7, 11) is 0. The summed E-state index contributed by atoms with van der Waals surface area (Å²) < 4.78 is 5.18. The first-order valence-corrected chi connectivity index (χ1v) is 4.54. The Morgan fingerprint density at radius 2 is 2.00 bits per heavy atom. The topological polar surface area (TPSA) is 39.2 Å². The molecule has 3 nitrogen and oxygen atoms in total. The van der Waals surface area contributed by atoms with E-state index in [4.69, 9.17) is 4.74 Å². The van der Waals surface area contributed by atoms with Gasteiger partial charge < -0.3 is 4.74 Å². The Bertz CT molecular complexity index is 322. The van der Waals surface area contributed by atoms with E-state index in [0.29, 0.717) is 5.56 Å². The number of aryl methyl sites for hydroxylation is 1. The Balaban J connectivity index is 2.76. The van der Waals surface area contributed by atoms with Crippen molar-refractivity contribution in [2.45, 2.75) is 33.3 Å². The maximum absolute atomic E-state index is 11.5. The highest BCUT2D eigenvalue weighted by Gasteiger charge is 2.17. The predicted molar refractivity (Wildman–Crippen MR) is 54.1 cm³/mol. The van der Waals surface area contributed by atoms with Crippen molar-refractivity contribution in [2.75, 3.05) is 0 Å². The first kappa shape index (κ1) is 10.7. The average Bonchev–Trinajstić information content (AvgIpc) is 2.02. The van der Waals surface area contributed by atoms with Gasteiger partial charge in [0.2, 0.25) is 0 Å². The molecular formula is C11H15NO2. The molecule has 3 heteroatoms. The number of aromatic nitrogens is 1. The first-order valence-electron chi connectivity index (χ1n) is 4.54. The van der Waals surface area contributed by atoms with Crippen LogP contribution in [0.2, 0.25) is 0 Å². The molecule has 0 aliphatic carbocycles. The lowest BCUT2D eigenvalue weighted by Gasteiger charge is -2.19. The third-order valence-electron chi connectivity index (χ3n) is 1.55. The zero-order chi connectivity index (χ0) is 10.8. The van der Waals surface area contributed by atoms with Gasteiger partial charge in [-0.15, -0.1) is 0 Å². The lowest BCUT2D eigenvalue weighted by Crippen LogP contribution is -2.23. The quantitative estimate of drug-likeness (QED) is 0.642. The predicted octanol–water partition coefficient (Wildman–Crippen LogP) is 2.35. The van der Waals surface area contributed by atoms with Crippen LogP contribution >= 0.6 is 0 Å². The summed E-state index contributed by atoms with van der Waals surface area (Å²) in [4.78, 5) is 15.5. The van der Waals surface area contributed by atoms with Crippen molar-refractivity contribution in [3.05, 3.63) is 29.6 Å². The van der Waals surface area contributed by atoms with Gasteiger partial charge in [0, 0.05) is 11.9 Å². The van der Waals surface area contributed by atoms with Crippen LogP contribution in [-0.4, -0.2) is 16.6 Å². The number of ether oxygens (including phenoxy) is 1. The molecule has 0 aromatic carbocycles. The van der Waals surface area contributed by atoms with E-state index in [1.165, 1.54) is 6.20 Å². The minimum atomic E-state index is -0.456. The highest BCUT2D eigenvalue weighted by Crippen LogP contribution is 2.11. The highest BCUT2D eigenvalue weighted by molar-refractivity contribution is 5.89. The highest BCUT2D eigenvalue weighted by atomic mass is 16.6. The molecule has 0 amide bonds. The van der Waals surface area contributed by atoms with Crippen molar-refractivity contribution in [3.8, 4) is 0 Å². The molecule has 14 heavy (non-hydrogen) atoms. The molecule has 1 aromatic heterocycles. The van der Waals surface area contributed by atoms with Gasteiger partial charge in [-0.3, -0.25) is 4.98 Å². The maximum Gasteiger partial charge on any atom is 0.340 e. The number of carbonyl (C=O) groups is 1. The number of hydrogen-bond acceptors (Lipinski definition) is 3. The van der Waals surface area contributed by atoms with Gasteiger partial charge in [0.05, 0.1) is 5.56 Å². The molecule has 0 fully saturated rings. The number of pyridine rings is 1. The van der Waals surface area contributed by atoms with Crippen LogP contribution in [0.1, 0.15) is 36.8 Å². The molecule has 0 N–H and O–H groups in total. The number of esters is 1. The molecular weight excluding hydrogens is 178 g/mol. The minimum absolute atomic E-state index is 0.329. The lowest BCUT2D eigenvalue weighted by molar-refractivity contribution is 0.00691. The molecule has 0 aliphatic heterocycles. The Kier molecular flexibility index (Phi) is 2.89. The summed E-state index contributed by atoms with van der Waals surface area (Å²) >= 11 is 0. The van der Waals surface area contributed by atoms with Crippen LogP contribution < -0.4 is 0 Å². The van der Waals surface area contributed by atoms with Crippen LogP contribution in [0.4, 0.5) is 0 Å². The molecule has 0 saturated carbocycles. The van der Waals surface area contributed by atoms with Crippen LogP contribution in [0.3, 0.4) is 0 Å². The standard InChI is InChI=1S/C11H15NO2/c1-8-5-6-9(7-12-8)10(13)14-11(2,3)4/h5-7H,1-4H3. The van der Waals surface area contributed by atoms with E-state index in [9.17, 15) is 4.79 Å². The van der Waals surface area contributed by atoms with Crippen LogP contribution in [0.15, 0.2) is 18.3 Å². The van der Waals surface area contributed by atoms with Crippen molar-refractivity contribution < 1.29 is 9.53 Å². The summed E-state index contributed by atoms with van der Waals surface area (Å²) in [6.07, 6.45) is 1.53. The molecule has 0 spiro atoms. The number of carbonyl (C=O) groups excluding carboxylic acids is 1. The van der Waals surface area contributed by atoms with Gasteiger partial charge in [0.15, 0.2) is 0 Å². The number of hydrogen-bond donors (Lipinski definition) is 0. The number of rotatable bonds is 1. The second kappa shape index (κ2) is 3.78. The Labute approximate surface area is 84.1 Å². The van der Waals surface area contributed by atoms with E-state index in [-0.39, 0.29) is 5.97 Å². The molecule has 0 unspecified atom stereocenters. The molecule has 0 aliphatic rings. The van der Waals surface area contributed by atoms with E-state index >= 15 is 0 Å². The second-order valence-corrected chi connectivity index (χ2v) is 4.19. The monoisotopic (exact) mass is 193 g/mol. The van der Waals surface area contributed by atoms with Crippen molar-refractivity contribution in [1.29, 1.82) is 0 Å². The fourth-order valence-electron chi connectivity index (χ4n) is 0.926. The molecule has 0 radical (unpaired) electrons. The van der Waals surface area contributed by atoms with Crippen LogP contribution in [0, 0.1) is 6.92 Å². The number of nitrogens with zero attached hydrogens (tertiary/aromatic N) is 1. The van der Waals surface area contributed by atoms with E-state index in [0.717, 1.165) is 5.69 Å². The van der Waals surface area contributed by atoms with E-state index in [2.05, 4.69) is 4.98 Å². The molecule has 76 valence electrons. The molecule has 0 atom stereocenters. The third-order valence-corrected chi connectivity index (χ3v) is 1.55. The summed E-state index contributed by atoms with van der Waals surface area (Å²) in [6, 6.07) is 3.51. The summed E-state index contributed by atoms with van der Waals surface area (Å²) in [5.74, 6) is -0.329. The normalized spacial score (nSPS) is 11.1. The first-order chi connectivity index (χ1) is 6.38. The molecule has 1 rings (SSSR count). The Morgan fingerprint density at radius 3 is 2.43 bits per heavy atom. The van der Waals surface area contributed by atoms with E-state index in [1.54, 1.807) is 12.1 Å². The zero-order valence-electron chi connectivity index (χ0n) is 9.00. The van der Waals surface area contributed by atoms with Gasteiger partial charge in [0.25, 0.3) is 0 Å². The van der Waals surface area contributed by atoms with Crippen molar-refractivity contribution in [1.82, 2.24) is 4.98 Å². The van der Waals surface area contributed by atoms with Gasteiger partial charge in [-0.2, -0.15) is 0 Å². The van der Waals surface area contributed by atoms with Gasteiger partial charge in [-0.25, -0.2) is 4.79 Å². The Morgan fingerprint density at radius 1 is 1.36 bits per heavy atom. The van der Waals surface area contributed by atoms with E-state index < -0.39 is 5.60 Å². The second-order valence-electron chi connectivity index (χ2n) is 4.19. The molecule has 0 saturated heterocycles. The van der Waals surface area contributed by atoms with E-state index in [1.807, 2.05) is 27.7 Å². The Hall–Kier alpha value is -1.38. The summed E-state index contributed by atoms with van der Waals surface area (Å²) in [5, 5.41) is 0. The third kappa shape index (κ3) is 3.17. The minimum Gasteiger partial charge on any atom is -0.456 e. The average molecular weight is 193 g/mol. The fourth-order valence-corrected chi connectivity index (χ4v) is 0.926. The SMILES string of the molecule is Cc1ccc(C(=O)OC(C)(C)C)cn1. The lowest BCUT2D eigenvalue weighted by atomic mass is 10.2. The molecule has 1 heterocycles. The van der Waals surface area contributed by atoms with Gasteiger partial charge in [-0.05, 0) is 39.8 Å². The van der Waals surface area contributed by atoms with Crippen molar-refractivity contribution in [3.63, 3.8) is 0 Å². The van der Waals surface area contributed by atoms with Crippen LogP contribution in [0.25, 0.3) is 0 Å². The van der Waals surface area contributed by atoms with Gasteiger partial charge >= 0.3 is 5.97 Å². The van der Waals surface area contributed by atoms with Gasteiger partial charge in [-0.1, -0.05) is 0 Å². The van der Waals surface area contributed by atoms with Crippen LogP contribution in [0.5, 0.6) is 0 Å². The fraction of sp³-hybridized carbons (Fsp3) is 0.455. The summed E-state index contributed by atoms with van der Waals surface area (Å²) in [5.41, 5.74) is 0.921. The molecule has 1 aromatic rings. The zero-order valence-corrected chi connectivity index (χ0v) is 9.00. The maximum atomic E-state index is 11.5. The summed E-state index contributed by atoms with van der Waals surface area (Å²) in [6.45, 7) is 7.39. The largest absolute Gasteiger partial charge is 0.456 e. The smallest absolute Gasteiger partial charge is 0.340 e. The van der Waals surface area contributed by atoms with Crippen molar-refractivity contribution in [2.24, 2.45) is 0 Å². The molecule has 0 bridgehead atoms. The van der Waals surface area contributed by atoms with Crippen molar-refractivity contribution >= 4 is 5.97 Å². The van der Waals surface area contributed by atoms with Gasteiger partial charge in [0.1, 0.15) is 5.60 Å². The van der Waals surface area contributed by atoms with Crippen LogP contribution in [-0.2, 0) is 4.74 Å².